The molecular formula is C18H24Cl2N4O2. The Morgan fingerprint density at radius 2 is 2.19 bits per heavy atom. The zero-order valence-corrected chi connectivity index (χ0v) is 16.6. The van der Waals surface area contributed by atoms with Gasteiger partial charge in [-0.2, -0.15) is 0 Å². The van der Waals surface area contributed by atoms with Gasteiger partial charge in [-0.15, -0.1) is 0 Å². The Bertz CT molecular complexity index is 721. The van der Waals surface area contributed by atoms with Gasteiger partial charge in [0.1, 0.15) is 5.82 Å². The van der Waals surface area contributed by atoms with Crippen molar-refractivity contribution >= 4 is 29.2 Å². The van der Waals surface area contributed by atoms with E-state index in [4.69, 9.17) is 27.9 Å². The number of carbonyl (C=O) groups excluding carboxylic acids is 1. The van der Waals surface area contributed by atoms with Gasteiger partial charge in [-0.05, 0) is 24.1 Å². The number of imidazole rings is 1. The molecule has 0 saturated carbocycles. The molecule has 2 aromatic rings. The third-order valence-corrected chi connectivity index (χ3v) is 4.46. The number of hydrogen-bond acceptors (Lipinski definition) is 3. The lowest BCUT2D eigenvalue weighted by atomic mass is 10.2. The minimum absolute atomic E-state index is 0.122. The van der Waals surface area contributed by atoms with E-state index in [2.05, 4.69) is 10.3 Å². The van der Waals surface area contributed by atoms with Crippen molar-refractivity contribution in [3.63, 3.8) is 0 Å². The molecule has 1 aromatic heterocycles. The second-order valence-corrected chi connectivity index (χ2v) is 6.70. The number of ether oxygens (including phenoxy) is 1. The van der Waals surface area contributed by atoms with Crippen molar-refractivity contribution in [3.05, 3.63) is 52.0 Å². The van der Waals surface area contributed by atoms with Crippen LogP contribution in [0.5, 0.6) is 0 Å². The van der Waals surface area contributed by atoms with Crippen molar-refractivity contribution in [1.82, 2.24) is 19.8 Å². The quantitative estimate of drug-likeness (QED) is 0.698. The number of benzene rings is 1. The maximum absolute atomic E-state index is 12.4. The van der Waals surface area contributed by atoms with Crippen molar-refractivity contribution in [3.8, 4) is 0 Å². The summed E-state index contributed by atoms with van der Waals surface area (Å²) in [6.45, 7) is 4.54. The van der Waals surface area contributed by atoms with Gasteiger partial charge in [-0.3, -0.25) is 0 Å². The van der Waals surface area contributed by atoms with Crippen LogP contribution in [0.4, 0.5) is 4.79 Å². The van der Waals surface area contributed by atoms with Gasteiger partial charge in [0.2, 0.25) is 0 Å². The molecule has 0 bridgehead atoms. The molecule has 2 rings (SSSR count). The number of amides is 2. The number of carbonyl (C=O) groups is 1. The van der Waals surface area contributed by atoms with Crippen molar-refractivity contribution in [2.45, 2.75) is 26.4 Å². The van der Waals surface area contributed by atoms with Gasteiger partial charge >= 0.3 is 6.03 Å². The summed E-state index contributed by atoms with van der Waals surface area (Å²) in [6, 6.07) is 5.30. The lowest BCUT2D eigenvalue weighted by Crippen LogP contribution is -2.42. The molecule has 26 heavy (non-hydrogen) atoms. The first kappa shape index (κ1) is 20.6. The number of methoxy groups -OCH3 is 1. The van der Waals surface area contributed by atoms with Gasteiger partial charge in [-0.1, -0.05) is 36.2 Å². The van der Waals surface area contributed by atoms with E-state index in [0.717, 1.165) is 17.8 Å². The second kappa shape index (κ2) is 10.4. The topological polar surface area (TPSA) is 59.4 Å². The minimum atomic E-state index is -0.122. The summed E-state index contributed by atoms with van der Waals surface area (Å²) in [5.41, 5.74) is 0.939. The fraction of sp³-hybridized carbons (Fsp3) is 0.444. The highest BCUT2D eigenvalue weighted by molar-refractivity contribution is 6.35. The molecule has 2 amide bonds. The van der Waals surface area contributed by atoms with Crippen LogP contribution in [-0.4, -0.2) is 47.3 Å². The van der Waals surface area contributed by atoms with E-state index in [1.165, 1.54) is 0 Å². The predicted octanol–water partition coefficient (Wildman–Crippen LogP) is 3.81. The van der Waals surface area contributed by atoms with E-state index in [1.54, 1.807) is 24.3 Å². The van der Waals surface area contributed by atoms with Gasteiger partial charge in [0.15, 0.2) is 0 Å². The third-order valence-electron chi connectivity index (χ3n) is 3.87. The van der Waals surface area contributed by atoms with Crippen LogP contribution in [0.25, 0.3) is 0 Å². The second-order valence-electron chi connectivity index (χ2n) is 5.85. The van der Waals surface area contributed by atoms with Gasteiger partial charge in [0.25, 0.3) is 0 Å². The summed E-state index contributed by atoms with van der Waals surface area (Å²) >= 11 is 12.2. The highest BCUT2D eigenvalue weighted by Crippen LogP contribution is 2.22. The Labute approximate surface area is 164 Å². The molecule has 142 valence electrons. The molecule has 0 unspecified atom stereocenters. The summed E-state index contributed by atoms with van der Waals surface area (Å²) in [7, 11) is 1.62. The highest BCUT2D eigenvalue weighted by atomic mass is 35.5. The average Bonchev–Trinajstić information content (AvgIpc) is 3.05. The Morgan fingerprint density at radius 3 is 2.88 bits per heavy atom. The van der Waals surface area contributed by atoms with Crippen LogP contribution >= 0.6 is 23.2 Å². The summed E-state index contributed by atoms with van der Waals surface area (Å²) in [5.74, 6) is 0.777. The molecule has 0 aliphatic rings. The van der Waals surface area contributed by atoms with E-state index in [-0.39, 0.29) is 6.03 Å². The molecule has 1 N–H and O–H groups in total. The minimum Gasteiger partial charge on any atom is -0.383 e. The summed E-state index contributed by atoms with van der Waals surface area (Å²) in [6.07, 6.45) is 4.48. The van der Waals surface area contributed by atoms with Crippen LogP contribution in [0, 0.1) is 0 Å². The molecule has 1 heterocycles. The van der Waals surface area contributed by atoms with Gasteiger partial charge in [0, 0.05) is 42.6 Å². The molecule has 0 atom stereocenters. The molecular weight excluding hydrogens is 375 g/mol. The summed E-state index contributed by atoms with van der Waals surface area (Å²) in [4.78, 5) is 18.5. The van der Waals surface area contributed by atoms with E-state index < -0.39 is 0 Å². The first-order valence-corrected chi connectivity index (χ1v) is 9.26. The van der Waals surface area contributed by atoms with E-state index >= 15 is 0 Å². The maximum atomic E-state index is 12.4. The van der Waals surface area contributed by atoms with Crippen LogP contribution in [0.1, 0.15) is 24.7 Å². The van der Waals surface area contributed by atoms with Crippen LogP contribution in [-0.2, 0) is 17.8 Å². The molecule has 0 aliphatic carbocycles. The van der Waals surface area contributed by atoms with E-state index in [9.17, 15) is 4.79 Å². The van der Waals surface area contributed by atoms with Crippen LogP contribution < -0.4 is 5.32 Å². The van der Waals surface area contributed by atoms with E-state index in [1.807, 2.05) is 29.8 Å². The fourth-order valence-corrected chi connectivity index (χ4v) is 2.91. The molecule has 0 radical (unpaired) electrons. The monoisotopic (exact) mass is 398 g/mol. The normalized spacial score (nSPS) is 10.8. The maximum Gasteiger partial charge on any atom is 0.317 e. The summed E-state index contributed by atoms with van der Waals surface area (Å²) < 4.78 is 7.09. The summed E-state index contributed by atoms with van der Waals surface area (Å²) in [5, 5.41) is 4.10. The zero-order chi connectivity index (χ0) is 18.9. The van der Waals surface area contributed by atoms with Crippen LogP contribution in [0.2, 0.25) is 10.0 Å². The average molecular weight is 399 g/mol. The number of hydrogen-bond donors (Lipinski definition) is 1. The Morgan fingerprint density at radius 1 is 1.38 bits per heavy atom. The van der Waals surface area contributed by atoms with E-state index in [0.29, 0.717) is 42.8 Å². The standard InChI is InChI=1S/C18H24Cl2N4O2/c1-3-6-22-18(25)24(9-10-26-2)13-17-21-7-8-23(17)12-14-4-5-15(19)11-16(14)20/h4-5,7-8,11H,3,6,9-10,12-13H2,1-2H3,(H,22,25). The molecule has 1 aromatic carbocycles. The largest absolute Gasteiger partial charge is 0.383 e. The molecule has 8 heteroatoms. The molecule has 0 spiro atoms. The lowest BCUT2D eigenvalue weighted by Gasteiger charge is -2.23. The zero-order valence-electron chi connectivity index (χ0n) is 15.0. The van der Waals surface area contributed by atoms with Crippen LogP contribution in [0.15, 0.2) is 30.6 Å². The number of nitrogens with one attached hydrogen (secondary N) is 1. The fourth-order valence-electron chi connectivity index (χ4n) is 2.44. The number of rotatable bonds is 9. The number of urea groups is 1. The Hall–Kier alpha value is -1.76. The van der Waals surface area contributed by atoms with Crippen molar-refractivity contribution in [2.24, 2.45) is 0 Å². The van der Waals surface area contributed by atoms with Crippen molar-refractivity contribution in [2.75, 3.05) is 26.8 Å². The van der Waals surface area contributed by atoms with Gasteiger partial charge in [0.05, 0.1) is 19.7 Å². The smallest absolute Gasteiger partial charge is 0.317 e. The number of halogens is 2. The first-order valence-electron chi connectivity index (χ1n) is 8.50. The molecule has 6 nitrogen and oxygen atoms in total. The van der Waals surface area contributed by atoms with Crippen molar-refractivity contribution < 1.29 is 9.53 Å². The van der Waals surface area contributed by atoms with Crippen molar-refractivity contribution in [1.29, 1.82) is 0 Å². The predicted molar refractivity (Wildman–Crippen MR) is 104 cm³/mol. The molecule has 0 aliphatic heterocycles. The Balaban J connectivity index is 2.12. The highest BCUT2D eigenvalue weighted by Gasteiger charge is 2.16. The molecule has 0 saturated heterocycles. The van der Waals surface area contributed by atoms with Gasteiger partial charge < -0.3 is 19.5 Å². The Kier molecular flexibility index (Phi) is 8.22. The van der Waals surface area contributed by atoms with Crippen LogP contribution in [0.3, 0.4) is 0 Å². The third kappa shape index (κ3) is 5.90. The number of aromatic nitrogens is 2. The first-order chi connectivity index (χ1) is 12.5. The number of nitrogens with zero attached hydrogens (tertiary/aromatic N) is 3. The lowest BCUT2D eigenvalue weighted by molar-refractivity contribution is 0.145. The van der Waals surface area contributed by atoms with Gasteiger partial charge in [-0.25, -0.2) is 9.78 Å². The SMILES string of the molecule is CCCNC(=O)N(CCOC)Cc1nccn1Cc1ccc(Cl)cc1Cl. The molecule has 0 fully saturated rings.